The van der Waals surface area contributed by atoms with Crippen molar-refractivity contribution >= 4 is 17.6 Å². The van der Waals surface area contributed by atoms with Crippen molar-refractivity contribution in [2.24, 2.45) is 0 Å². The van der Waals surface area contributed by atoms with Gasteiger partial charge in [0, 0.05) is 0 Å². The van der Waals surface area contributed by atoms with Gasteiger partial charge in [0.2, 0.25) is 5.28 Å². The van der Waals surface area contributed by atoms with E-state index < -0.39 is 5.97 Å². The highest BCUT2D eigenvalue weighted by molar-refractivity contribution is 6.28. The van der Waals surface area contributed by atoms with Gasteiger partial charge in [0.1, 0.15) is 5.69 Å². The molecule has 5 heteroatoms. The van der Waals surface area contributed by atoms with Gasteiger partial charge in [-0.3, -0.25) is 0 Å². The number of halogens is 1. The molecule has 4 nitrogen and oxygen atoms in total. The molecule has 0 atom stereocenters. The maximum atomic E-state index is 11.0. The molecule has 1 N–H and O–H groups in total. The monoisotopic (exact) mass is 250 g/mol. The van der Waals surface area contributed by atoms with E-state index in [-0.39, 0.29) is 11.0 Å². The van der Waals surface area contributed by atoms with Crippen LogP contribution in [-0.4, -0.2) is 20.6 Å². The van der Waals surface area contributed by atoms with Gasteiger partial charge in [0.25, 0.3) is 0 Å². The average Bonchev–Trinajstić information content (AvgIpc) is 2.64. The average molecular weight is 251 g/mol. The zero-order valence-corrected chi connectivity index (χ0v) is 9.98. The van der Waals surface area contributed by atoms with Gasteiger partial charge < -0.3 is 9.67 Å². The second kappa shape index (κ2) is 4.59. The first-order valence-corrected chi connectivity index (χ1v) is 5.45. The zero-order valence-electron chi connectivity index (χ0n) is 9.22. The van der Waals surface area contributed by atoms with Crippen LogP contribution in [0.15, 0.2) is 30.5 Å². The molecule has 2 aromatic rings. The Morgan fingerprint density at radius 2 is 2.06 bits per heavy atom. The molecule has 1 aromatic heterocycles. The third-order valence-corrected chi connectivity index (χ3v) is 2.79. The minimum Gasteiger partial charge on any atom is -0.477 e. The molecule has 0 unspecified atom stereocenters. The summed E-state index contributed by atoms with van der Waals surface area (Å²) in [5.74, 6) is -1.03. The van der Waals surface area contributed by atoms with Gasteiger partial charge in [-0.25, -0.2) is 9.78 Å². The Kier molecular flexibility index (Phi) is 3.15. The molecule has 0 bridgehead atoms. The Balaban J connectivity index is 2.32. The number of carbonyl (C=O) groups is 1. The summed E-state index contributed by atoms with van der Waals surface area (Å²) in [6.07, 6.45) is 1.26. The number of rotatable bonds is 3. The number of imidazole rings is 1. The second-order valence-corrected chi connectivity index (χ2v) is 4.13. The minimum atomic E-state index is -1.03. The van der Waals surface area contributed by atoms with E-state index in [2.05, 4.69) is 4.98 Å². The first-order chi connectivity index (χ1) is 8.08. The summed E-state index contributed by atoms with van der Waals surface area (Å²) in [6.45, 7) is 2.40. The molecule has 0 aliphatic carbocycles. The molecule has 0 fully saturated rings. The van der Waals surface area contributed by atoms with Crippen molar-refractivity contribution < 1.29 is 9.90 Å². The molecule has 0 saturated carbocycles. The van der Waals surface area contributed by atoms with Gasteiger partial charge in [-0.2, -0.15) is 0 Å². The van der Waals surface area contributed by atoms with Crippen LogP contribution in [-0.2, 0) is 6.54 Å². The molecule has 1 aromatic carbocycles. The van der Waals surface area contributed by atoms with Gasteiger partial charge in [-0.15, -0.1) is 0 Å². The van der Waals surface area contributed by atoms with Crippen molar-refractivity contribution in [1.29, 1.82) is 0 Å². The summed E-state index contributed by atoms with van der Waals surface area (Å²) in [6, 6.07) is 7.83. The Morgan fingerprint density at radius 3 is 2.65 bits per heavy atom. The fourth-order valence-corrected chi connectivity index (χ4v) is 1.75. The quantitative estimate of drug-likeness (QED) is 0.911. The van der Waals surface area contributed by atoms with E-state index in [0.717, 1.165) is 11.1 Å². The molecule has 17 heavy (non-hydrogen) atoms. The predicted molar refractivity (Wildman–Crippen MR) is 64.5 cm³/mol. The number of carboxylic acid groups (broad SMARTS) is 1. The lowest BCUT2D eigenvalue weighted by molar-refractivity contribution is 0.0685. The molecular weight excluding hydrogens is 240 g/mol. The number of carboxylic acids is 1. The van der Waals surface area contributed by atoms with E-state index in [4.69, 9.17) is 16.7 Å². The molecular formula is C12H11ClN2O2. The highest BCUT2D eigenvalue weighted by Gasteiger charge is 2.14. The largest absolute Gasteiger partial charge is 0.477 e. The summed E-state index contributed by atoms with van der Waals surface area (Å²) in [5, 5.41) is 9.16. The highest BCUT2D eigenvalue weighted by atomic mass is 35.5. The first-order valence-electron chi connectivity index (χ1n) is 5.08. The van der Waals surface area contributed by atoms with E-state index >= 15 is 0 Å². The summed E-state index contributed by atoms with van der Waals surface area (Å²) in [4.78, 5) is 14.8. The minimum absolute atomic E-state index is 0.0931. The topological polar surface area (TPSA) is 55.1 Å². The van der Waals surface area contributed by atoms with Crippen molar-refractivity contribution in [3.63, 3.8) is 0 Å². The van der Waals surface area contributed by atoms with Gasteiger partial charge >= 0.3 is 5.97 Å². The van der Waals surface area contributed by atoms with Crippen LogP contribution in [0.1, 0.15) is 21.6 Å². The van der Waals surface area contributed by atoms with E-state index in [1.54, 1.807) is 0 Å². The van der Waals surface area contributed by atoms with Crippen LogP contribution in [0.2, 0.25) is 5.28 Å². The van der Waals surface area contributed by atoms with E-state index in [1.165, 1.54) is 10.8 Å². The van der Waals surface area contributed by atoms with Crippen LogP contribution >= 0.6 is 11.6 Å². The normalized spacial score (nSPS) is 10.5. The van der Waals surface area contributed by atoms with E-state index in [1.807, 2.05) is 31.2 Å². The summed E-state index contributed by atoms with van der Waals surface area (Å²) < 4.78 is 1.47. The van der Waals surface area contributed by atoms with Crippen molar-refractivity contribution in [2.75, 3.05) is 0 Å². The highest BCUT2D eigenvalue weighted by Crippen LogP contribution is 2.14. The summed E-state index contributed by atoms with van der Waals surface area (Å²) in [5.41, 5.74) is 2.23. The molecule has 0 aliphatic heterocycles. The van der Waals surface area contributed by atoms with Crippen molar-refractivity contribution in [3.8, 4) is 0 Å². The number of nitrogens with zero attached hydrogens (tertiary/aromatic N) is 2. The number of hydrogen-bond donors (Lipinski definition) is 1. The van der Waals surface area contributed by atoms with Crippen LogP contribution < -0.4 is 0 Å². The zero-order chi connectivity index (χ0) is 12.4. The lowest BCUT2D eigenvalue weighted by atomic mass is 10.1. The molecule has 88 valence electrons. The number of hydrogen-bond acceptors (Lipinski definition) is 2. The first kappa shape index (κ1) is 11.7. The van der Waals surface area contributed by atoms with E-state index in [9.17, 15) is 4.79 Å². The number of aromatic carboxylic acids is 1. The Morgan fingerprint density at radius 1 is 1.41 bits per heavy atom. The number of benzene rings is 1. The van der Waals surface area contributed by atoms with Crippen LogP contribution in [0.3, 0.4) is 0 Å². The van der Waals surface area contributed by atoms with E-state index in [0.29, 0.717) is 6.54 Å². The maximum absolute atomic E-state index is 11.0. The molecule has 0 aliphatic rings. The second-order valence-electron chi connectivity index (χ2n) is 3.79. The molecule has 0 saturated heterocycles. The van der Waals surface area contributed by atoms with Gasteiger partial charge in [-0.1, -0.05) is 29.8 Å². The van der Waals surface area contributed by atoms with Crippen molar-refractivity contribution in [2.45, 2.75) is 13.5 Å². The Hall–Kier alpha value is -1.81. The third kappa shape index (κ3) is 2.47. The predicted octanol–water partition coefficient (Wildman–Crippen LogP) is 2.59. The fourth-order valence-electron chi connectivity index (χ4n) is 1.55. The van der Waals surface area contributed by atoms with Gasteiger partial charge in [0.15, 0.2) is 0 Å². The van der Waals surface area contributed by atoms with Gasteiger partial charge in [-0.05, 0) is 24.1 Å². The number of aromatic nitrogens is 2. The SMILES string of the molecule is Cc1ccc(Cn2c(C(=O)O)cnc2Cl)cc1. The molecule has 1 heterocycles. The molecule has 0 radical (unpaired) electrons. The smallest absolute Gasteiger partial charge is 0.354 e. The van der Waals surface area contributed by atoms with Crippen LogP contribution in [0.5, 0.6) is 0 Å². The summed E-state index contributed by atoms with van der Waals surface area (Å²) >= 11 is 5.86. The molecule has 0 spiro atoms. The van der Waals surface area contributed by atoms with Crippen LogP contribution in [0, 0.1) is 6.92 Å². The Labute approximate surface area is 103 Å². The fraction of sp³-hybridized carbons (Fsp3) is 0.167. The maximum Gasteiger partial charge on any atom is 0.354 e. The van der Waals surface area contributed by atoms with Crippen LogP contribution in [0.25, 0.3) is 0 Å². The standard InChI is InChI=1S/C12H11ClN2O2/c1-8-2-4-9(5-3-8)7-15-10(11(16)17)6-14-12(15)13/h2-6H,7H2,1H3,(H,16,17). The lowest BCUT2D eigenvalue weighted by Gasteiger charge is -2.07. The number of aryl methyl sites for hydroxylation is 1. The van der Waals surface area contributed by atoms with Crippen molar-refractivity contribution in [1.82, 2.24) is 9.55 Å². The lowest BCUT2D eigenvalue weighted by Crippen LogP contribution is -2.09. The molecule has 0 amide bonds. The summed E-state index contributed by atoms with van der Waals surface area (Å²) in [7, 11) is 0. The van der Waals surface area contributed by atoms with Crippen molar-refractivity contribution in [3.05, 3.63) is 52.6 Å². The Bertz CT molecular complexity index is 546. The van der Waals surface area contributed by atoms with Gasteiger partial charge in [0.05, 0.1) is 12.7 Å². The van der Waals surface area contributed by atoms with Crippen LogP contribution in [0.4, 0.5) is 0 Å². The third-order valence-electron chi connectivity index (χ3n) is 2.49. The molecule has 2 rings (SSSR count).